The molecule has 1 unspecified atom stereocenters. The van der Waals surface area contributed by atoms with Crippen LogP contribution in [0.1, 0.15) is 39.7 Å². The molecule has 0 spiro atoms. The summed E-state index contributed by atoms with van der Waals surface area (Å²) >= 11 is 0. The summed E-state index contributed by atoms with van der Waals surface area (Å²) in [4.78, 5) is 23.8. The van der Waals surface area contributed by atoms with Crippen molar-refractivity contribution in [3.8, 4) is 0 Å². The number of hydrogen-bond donors (Lipinski definition) is 3. The summed E-state index contributed by atoms with van der Waals surface area (Å²) in [7, 11) is 1.58. The molecule has 3 rings (SSSR count). The molecule has 2 aromatic rings. The second kappa shape index (κ2) is 7.27. The average Bonchev–Trinajstić information content (AvgIpc) is 3.13. The smallest absolute Gasteiger partial charge is 0.276 e. The van der Waals surface area contributed by atoms with E-state index in [0.29, 0.717) is 23.0 Å². The van der Waals surface area contributed by atoms with Gasteiger partial charge in [-0.3, -0.25) is 14.3 Å². The molecule has 7 nitrogen and oxygen atoms in total. The fraction of sp³-hybridized carbons (Fsp3) is 0.353. The lowest BCUT2D eigenvalue weighted by molar-refractivity contribution is 0.0962. The molecule has 1 saturated heterocycles. The Morgan fingerprint density at radius 1 is 1.21 bits per heavy atom. The van der Waals surface area contributed by atoms with E-state index in [2.05, 4.69) is 21.0 Å². The van der Waals surface area contributed by atoms with E-state index >= 15 is 0 Å². The first-order valence-corrected chi connectivity index (χ1v) is 8.07. The van der Waals surface area contributed by atoms with E-state index in [-0.39, 0.29) is 11.8 Å². The van der Waals surface area contributed by atoms with Gasteiger partial charge in [-0.2, -0.15) is 5.10 Å². The van der Waals surface area contributed by atoms with E-state index in [1.54, 1.807) is 37.4 Å². The van der Waals surface area contributed by atoms with Gasteiger partial charge in [0.25, 0.3) is 11.8 Å². The standard InChI is InChI=1S/C17H21N5O2/c1-18-16(23)12-4-6-13(7-5-12)20-17(24)15-8-10-22(21-15)14-3-2-9-19-11-14/h4-8,10,14,19H,2-3,9,11H2,1H3,(H,18,23)(H,20,24). The normalized spacial score (nSPS) is 17.3. The molecule has 7 heteroatoms. The van der Waals surface area contributed by atoms with Crippen LogP contribution in [0.5, 0.6) is 0 Å². The predicted octanol–water partition coefficient (Wildman–Crippen LogP) is 1.42. The monoisotopic (exact) mass is 327 g/mol. The van der Waals surface area contributed by atoms with Gasteiger partial charge in [0.2, 0.25) is 0 Å². The molecular weight excluding hydrogens is 306 g/mol. The zero-order valence-electron chi connectivity index (χ0n) is 13.6. The Balaban J connectivity index is 1.64. The molecule has 24 heavy (non-hydrogen) atoms. The molecule has 0 bridgehead atoms. The highest BCUT2D eigenvalue weighted by atomic mass is 16.2. The lowest BCUT2D eigenvalue weighted by Crippen LogP contribution is -2.32. The number of benzene rings is 1. The van der Waals surface area contributed by atoms with Crippen LogP contribution in [0.25, 0.3) is 0 Å². The molecule has 0 aliphatic carbocycles. The van der Waals surface area contributed by atoms with Crippen molar-refractivity contribution in [1.82, 2.24) is 20.4 Å². The molecule has 0 radical (unpaired) electrons. The van der Waals surface area contributed by atoms with Gasteiger partial charge < -0.3 is 16.0 Å². The van der Waals surface area contributed by atoms with Crippen LogP contribution in [0.3, 0.4) is 0 Å². The Kier molecular flexibility index (Phi) is 4.90. The molecule has 0 saturated carbocycles. The van der Waals surface area contributed by atoms with E-state index in [9.17, 15) is 9.59 Å². The van der Waals surface area contributed by atoms with Gasteiger partial charge in [0, 0.05) is 31.0 Å². The molecular formula is C17H21N5O2. The number of nitrogens with one attached hydrogen (secondary N) is 3. The van der Waals surface area contributed by atoms with Crippen molar-refractivity contribution in [2.24, 2.45) is 0 Å². The quantitative estimate of drug-likeness (QED) is 0.792. The predicted molar refractivity (Wildman–Crippen MR) is 91.2 cm³/mol. The zero-order chi connectivity index (χ0) is 16.9. The first-order chi connectivity index (χ1) is 11.7. The molecule has 2 amide bonds. The number of piperidine rings is 1. The van der Waals surface area contributed by atoms with Gasteiger partial charge in [-0.05, 0) is 49.7 Å². The van der Waals surface area contributed by atoms with Crippen LogP contribution in [0.2, 0.25) is 0 Å². The molecule has 1 aliphatic heterocycles. The number of anilines is 1. The molecule has 126 valence electrons. The van der Waals surface area contributed by atoms with Crippen LogP contribution in [0.4, 0.5) is 5.69 Å². The first kappa shape index (κ1) is 16.2. The summed E-state index contributed by atoms with van der Waals surface area (Å²) in [5.41, 5.74) is 1.56. The van der Waals surface area contributed by atoms with Crippen molar-refractivity contribution in [3.05, 3.63) is 47.8 Å². The topological polar surface area (TPSA) is 88.0 Å². The average molecular weight is 327 g/mol. The zero-order valence-corrected chi connectivity index (χ0v) is 13.6. The summed E-state index contributed by atoms with van der Waals surface area (Å²) in [6.07, 6.45) is 4.03. The molecule has 3 N–H and O–H groups in total. The van der Waals surface area contributed by atoms with Crippen molar-refractivity contribution in [2.45, 2.75) is 18.9 Å². The van der Waals surface area contributed by atoms with Crippen LogP contribution in [0.15, 0.2) is 36.5 Å². The lowest BCUT2D eigenvalue weighted by atomic mass is 10.1. The number of nitrogens with zero attached hydrogens (tertiary/aromatic N) is 2. The minimum atomic E-state index is -0.259. The Hall–Kier alpha value is -2.67. The maximum Gasteiger partial charge on any atom is 0.276 e. The van der Waals surface area contributed by atoms with Crippen LogP contribution < -0.4 is 16.0 Å². The first-order valence-electron chi connectivity index (χ1n) is 8.07. The fourth-order valence-corrected chi connectivity index (χ4v) is 2.77. The van der Waals surface area contributed by atoms with Crippen LogP contribution in [-0.4, -0.2) is 41.7 Å². The third-order valence-electron chi connectivity index (χ3n) is 4.12. The van der Waals surface area contributed by atoms with Gasteiger partial charge in [0.15, 0.2) is 5.69 Å². The minimum Gasteiger partial charge on any atom is -0.355 e. The Labute approximate surface area is 140 Å². The third kappa shape index (κ3) is 3.62. The number of carbonyl (C=O) groups is 2. The molecule has 1 aromatic carbocycles. The second-order valence-corrected chi connectivity index (χ2v) is 5.79. The van der Waals surface area contributed by atoms with Crippen molar-refractivity contribution < 1.29 is 9.59 Å². The highest BCUT2D eigenvalue weighted by Gasteiger charge is 2.17. The molecule has 1 aliphatic rings. The summed E-state index contributed by atoms with van der Waals surface area (Å²) in [5, 5.41) is 13.1. The summed E-state index contributed by atoms with van der Waals surface area (Å²) in [6, 6.07) is 8.76. The minimum absolute atomic E-state index is 0.160. The van der Waals surface area contributed by atoms with E-state index in [1.807, 2.05) is 10.9 Å². The summed E-state index contributed by atoms with van der Waals surface area (Å²) in [6.45, 7) is 1.92. The van der Waals surface area contributed by atoms with Crippen molar-refractivity contribution >= 4 is 17.5 Å². The fourth-order valence-electron chi connectivity index (χ4n) is 2.77. The molecule has 1 atom stereocenters. The number of rotatable bonds is 4. The van der Waals surface area contributed by atoms with Gasteiger partial charge in [0.1, 0.15) is 0 Å². The van der Waals surface area contributed by atoms with E-state index in [4.69, 9.17) is 0 Å². The van der Waals surface area contributed by atoms with Crippen molar-refractivity contribution in [2.75, 3.05) is 25.5 Å². The van der Waals surface area contributed by atoms with Gasteiger partial charge in [-0.1, -0.05) is 0 Å². The number of aromatic nitrogens is 2. The molecule has 2 heterocycles. The van der Waals surface area contributed by atoms with Gasteiger partial charge in [0.05, 0.1) is 6.04 Å². The maximum atomic E-state index is 12.3. The van der Waals surface area contributed by atoms with Crippen LogP contribution in [-0.2, 0) is 0 Å². The largest absolute Gasteiger partial charge is 0.355 e. The lowest BCUT2D eigenvalue weighted by Gasteiger charge is -2.22. The Bertz CT molecular complexity index is 717. The van der Waals surface area contributed by atoms with E-state index < -0.39 is 0 Å². The Morgan fingerprint density at radius 2 is 2.00 bits per heavy atom. The van der Waals surface area contributed by atoms with Crippen LogP contribution >= 0.6 is 0 Å². The van der Waals surface area contributed by atoms with E-state index in [1.165, 1.54) is 0 Å². The SMILES string of the molecule is CNC(=O)c1ccc(NC(=O)c2ccn(C3CCCNC3)n2)cc1. The summed E-state index contributed by atoms with van der Waals surface area (Å²) in [5.74, 6) is -0.419. The van der Waals surface area contributed by atoms with Crippen molar-refractivity contribution in [3.63, 3.8) is 0 Å². The molecule has 1 fully saturated rings. The second-order valence-electron chi connectivity index (χ2n) is 5.79. The third-order valence-corrected chi connectivity index (χ3v) is 4.12. The number of amides is 2. The van der Waals surface area contributed by atoms with Gasteiger partial charge in [-0.25, -0.2) is 0 Å². The molecule has 1 aromatic heterocycles. The van der Waals surface area contributed by atoms with Crippen LogP contribution in [0, 0.1) is 0 Å². The maximum absolute atomic E-state index is 12.3. The van der Waals surface area contributed by atoms with Gasteiger partial charge >= 0.3 is 0 Å². The highest BCUT2D eigenvalue weighted by molar-refractivity contribution is 6.03. The van der Waals surface area contributed by atoms with Crippen molar-refractivity contribution in [1.29, 1.82) is 0 Å². The summed E-state index contributed by atoms with van der Waals surface area (Å²) < 4.78 is 1.86. The number of hydrogen-bond acceptors (Lipinski definition) is 4. The highest BCUT2D eigenvalue weighted by Crippen LogP contribution is 2.16. The van der Waals surface area contributed by atoms with E-state index in [0.717, 1.165) is 25.9 Å². The Morgan fingerprint density at radius 3 is 2.67 bits per heavy atom. The number of carbonyl (C=O) groups excluding carboxylic acids is 2. The van der Waals surface area contributed by atoms with Gasteiger partial charge in [-0.15, -0.1) is 0 Å².